The summed E-state index contributed by atoms with van der Waals surface area (Å²) in [5.41, 5.74) is 4.28. The number of carboxylic acid groups (broad SMARTS) is 1. The summed E-state index contributed by atoms with van der Waals surface area (Å²) in [5.74, 6) is -1.71. The van der Waals surface area contributed by atoms with E-state index in [9.17, 15) is 14.3 Å². The molecule has 1 atom stereocenters. The molecule has 0 amide bonds. The minimum absolute atomic E-state index is 0.0977. The third kappa shape index (κ3) is 4.49. The van der Waals surface area contributed by atoms with Gasteiger partial charge in [-0.2, -0.15) is 0 Å². The first-order valence-electron chi connectivity index (χ1n) is 6.83. The number of benzene rings is 1. The molecule has 0 aromatic heterocycles. The molecule has 0 bridgehead atoms. The van der Waals surface area contributed by atoms with Crippen LogP contribution in [0.1, 0.15) is 18.4 Å². The van der Waals surface area contributed by atoms with Gasteiger partial charge in [-0.25, -0.2) is 4.39 Å². The Morgan fingerprint density at radius 2 is 2.05 bits per heavy atom. The third-order valence-electron chi connectivity index (χ3n) is 3.46. The van der Waals surface area contributed by atoms with E-state index in [4.69, 9.17) is 15.2 Å². The van der Waals surface area contributed by atoms with Gasteiger partial charge in [-0.05, 0) is 18.9 Å². The maximum atomic E-state index is 13.9. The van der Waals surface area contributed by atoms with Gasteiger partial charge in [-0.1, -0.05) is 18.2 Å². The van der Waals surface area contributed by atoms with Crippen molar-refractivity contribution < 1.29 is 23.8 Å². The first-order chi connectivity index (χ1) is 10.1. The van der Waals surface area contributed by atoms with Gasteiger partial charge in [0.25, 0.3) is 0 Å². The van der Waals surface area contributed by atoms with Crippen molar-refractivity contribution in [1.82, 2.24) is 0 Å². The van der Waals surface area contributed by atoms with Gasteiger partial charge >= 0.3 is 5.97 Å². The maximum Gasteiger partial charge on any atom is 0.315 e. The first-order valence-corrected chi connectivity index (χ1v) is 6.83. The normalized spacial score (nSPS) is 13.9. The predicted octanol–water partition coefficient (Wildman–Crippen LogP) is 1.55. The van der Waals surface area contributed by atoms with Crippen LogP contribution in [0.4, 0.5) is 4.39 Å². The second-order valence-electron chi connectivity index (χ2n) is 4.78. The molecule has 0 saturated heterocycles. The Hall–Kier alpha value is -1.50. The van der Waals surface area contributed by atoms with Crippen molar-refractivity contribution in [2.24, 2.45) is 5.73 Å². The topological polar surface area (TPSA) is 81.8 Å². The lowest BCUT2D eigenvalue weighted by Crippen LogP contribution is -2.44. The summed E-state index contributed by atoms with van der Waals surface area (Å²) < 4.78 is 24.2. The van der Waals surface area contributed by atoms with Gasteiger partial charge in [0, 0.05) is 39.0 Å². The van der Waals surface area contributed by atoms with Gasteiger partial charge in [0.2, 0.25) is 0 Å². The van der Waals surface area contributed by atoms with Crippen LogP contribution in [0.5, 0.6) is 0 Å². The Bertz CT molecular complexity index is 455. The second kappa shape index (κ2) is 8.71. The Labute approximate surface area is 123 Å². The fraction of sp³-hybridized carbons (Fsp3) is 0.533. The minimum atomic E-state index is -1.47. The Morgan fingerprint density at radius 1 is 1.33 bits per heavy atom. The zero-order chi connectivity index (χ0) is 15.7. The van der Waals surface area contributed by atoms with Gasteiger partial charge in [0.05, 0.1) is 0 Å². The quantitative estimate of drug-likeness (QED) is 0.641. The van der Waals surface area contributed by atoms with E-state index < -0.39 is 17.2 Å². The lowest BCUT2D eigenvalue weighted by atomic mass is 9.77. The van der Waals surface area contributed by atoms with Crippen LogP contribution in [0, 0.1) is 5.82 Å². The van der Waals surface area contributed by atoms with Crippen LogP contribution >= 0.6 is 0 Å². The zero-order valence-corrected chi connectivity index (χ0v) is 12.2. The molecule has 1 aromatic carbocycles. The highest BCUT2D eigenvalue weighted by molar-refractivity contribution is 5.81. The van der Waals surface area contributed by atoms with Gasteiger partial charge in [-0.3, -0.25) is 4.79 Å². The number of hydrogen-bond donors (Lipinski definition) is 2. The fourth-order valence-corrected chi connectivity index (χ4v) is 2.16. The number of halogens is 1. The van der Waals surface area contributed by atoms with E-state index in [1.54, 1.807) is 13.2 Å². The molecule has 0 radical (unpaired) electrons. The molecule has 1 unspecified atom stereocenters. The van der Waals surface area contributed by atoms with E-state index in [0.29, 0.717) is 13.2 Å². The van der Waals surface area contributed by atoms with Crippen molar-refractivity contribution in [2.75, 3.05) is 33.5 Å². The smallest absolute Gasteiger partial charge is 0.315 e. The number of carbonyl (C=O) groups is 1. The molecule has 6 heteroatoms. The van der Waals surface area contributed by atoms with E-state index >= 15 is 0 Å². The molecule has 0 aliphatic carbocycles. The monoisotopic (exact) mass is 299 g/mol. The largest absolute Gasteiger partial charge is 0.481 e. The molecular weight excluding hydrogens is 277 g/mol. The fourth-order valence-electron chi connectivity index (χ4n) is 2.16. The molecule has 0 aliphatic heterocycles. The maximum absolute atomic E-state index is 13.9. The third-order valence-corrected chi connectivity index (χ3v) is 3.46. The SMILES string of the molecule is COCCCOCCC(CN)(C(=O)O)c1ccccc1F. The van der Waals surface area contributed by atoms with Crippen molar-refractivity contribution in [3.8, 4) is 0 Å². The number of hydrogen-bond acceptors (Lipinski definition) is 4. The molecule has 0 spiro atoms. The molecule has 0 saturated carbocycles. The van der Waals surface area contributed by atoms with E-state index in [2.05, 4.69) is 0 Å². The van der Waals surface area contributed by atoms with Crippen LogP contribution in [0.15, 0.2) is 24.3 Å². The average molecular weight is 299 g/mol. The summed E-state index contributed by atoms with van der Waals surface area (Å²) in [5, 5.41) is 9.52. The van der Waals surface area contributed by atoms with Crippen LogP contribution in [0.25, 0.3) is 0 Å². The van der Waals surface area contributed by atoms with Crippen LogP contribution in [0.3, 0.4) is 0 Å². The number of aliphatic carboxylic acids is 1. The Balaban J connectivity index is 2.76. The summed E-state index contributed by atoms with van der Waals surface area (Å²) in [6.45, 7) is 1.05. The van der Waals surface area contributed by atoms with Gasteiger partial charge < -0.3 is 20.3 Å². The summed E-state index contributed by atoms with van der Waals surface area (Å²) in [6.07, 6.45) is 0.839. The van der Waals surface area contributed by atoms with Crippen LogP contribution in [-0.4, -0.2) is 44.6 Å². The number of methoxy groups -OCH3 is 1. The molecule has 1 rings (SSSR count). The molecule has 3 N–H and O–H groups in total. The highest BCUT2D eigenvalue weighted by Gasteiger charge is 2.40. The summed E-state index contributed by atoms with van der Waals surface area (Å²) in [4.78, 5) is 11.6. The van der Waals surface area contributed by atoms with Gasteiger partial charge in [0.15, 0.2) is 0 Å². The highest BCUT2D eigenvalue weighted by atomic mass is 19.1. The molecule has 1 aromatic rings. The zero-order valence-electron chi connectivity index (χ0n) is 12.2. The second-order valence-corrected chi connectivity index (χ2v) is 4.78. The lowest BCUT2D eigenvalue weighted by Gasteiger charge is -2.28. The molecule has 0 aliphatic rings. The number of ether oxygens (including phenoxy) is 2. The van der Waals surface area contributed by atoms with Crippen LogP contribution in [0.2, 0.25) is 0 Å². The number of nitrogens with two attached hydrogens (primary N) is 1. The summed E-state index contributed by atoms with van der Waals surface area (Å²) >= 11 is 0. The van der Waals surface area contributed by atoms with Crippen molar-refractivity contribution in [3.05, 3.63) is 35.6 Å². The van der Waals surface area contributed by atoms with Crippen LogP contribution in [-0.2, 0) is 19.7 Å². The molecule has 0 fully saturated rings. The van der Waals surface area contributed by atoms with Crippen LogP contribution < -0.4 is 5.73 Å². The molecule has 0 heterocycles. The molecule has 5 nitrogen and oxygen atoms in total. The number of rotatable bonds is 10. The van der Waals surface area contributed by atoms with Crippen molar-refractivity contribution >= 4 is 5.97 Å². The standard InChI is InChI=1S/C15H22FNO4/c1-20-8-4-9-21-10-7-15(11-17,14(18)19)12-5-2-3-6-13(12)16/h2-3,5-6H,4,7-11,17H2,1H3,(H,18,19). The molecule has 118 valence electrons. The molecule has 21 heavy (non-hydrogen) atoms. The van der Waals surface area contributed by atoms with E-state index in [-0.39, 0.29) is 25.1 Å². The average Bonchev–Trinajstić information content (AvgIpc) is 2.48. The first kappa shape index (κ1) is 17.6. The minimum Gasteiger partial charge on any atom is -0.481 e. The summed E-state index contributed by atoms with van der Waals surface area (Å²) in [7, 11) is 1.60. The van der Waals surface area contributed by atoms with Gasteiger partial charge in [0.1, 0.15) is 11.2 Å². The van der Waals surface area contributed by atoms with Crippen molar-refractivity contribution in [3.63, 3.8) is 0 Å². The Kier molecular flexibility index (Phi) is 7.28. The lowest BCUT2D eigenvalue weighted by molar-refractivity contribution is -0.144. The van der Waals surface area contributed by atoms with E-state index in [1.807, 2.05) is 0 Å². The number of carboxylic acids is 1. The van der Waals surface area contributed by atoms with Crippen molar-refractivity contribution in [2.45, 2.75) is 18.3 Å². The summed E-state index contributed by atoms with van der Waals surface area (Å²) in [6, 6.07) is 5.82. The van der Waals surface area contributed by atoms with E-state index in [0.717, 1.165) is 6.42 Å². The van der Waals surface area contributed by atoms with Crippen molar-refractivity contribution in [1.29, 1.82) is 0 Å². The Morgan fingerprint density at radius 3 is 2.62 bits per heavy atom. The predicted molar refractivity (Wildman–Crippen MR) is 76.7 cm³/mol. The van der Waals surface area contributed by atoms with Gasteiger partial charge in [-0.15, -0.1) is 0 Å². The molecular formula is C15H22FNO4. The highest BCUT2D eigenvalue weighted by Crippen LogP contribution is 2.29. The van der Waals surface area contributed by atoms with E-state index in [1.165, 1.54) is 18.2 Å².